The summed E-state index contributed by atoms with van der Waals surface area (Å²) in [5.41, 5.74) is 1.89. The van der Waals surface area contributed by atoms with Gasteiger partial charge in [0.25, 0.3) is 0 Å². The summed E-state index contributed by atoms with van der Waals surface area (Å²) in [6.45, 7) is 4.21. The molecule has 9 nitrogen and oxygen atoms in total. The van der Waals surface area contributed by atoms with Crippen LogP contribution in [0.25, 0.3) is 22.6 Å². The lowest BCUT2D eigenvalue weighted by Crippen LogP contribution is -2.44. The van der Waals surface area contributed by atoms with E-state index in [1.165, 1.54) is 6.42 Å². The monoisotopic (exact) mass is 470 g/mol. The topological polar surface area (TPSA) is 99.2 Å². The number of halogens is 1. The van der Waals surface area contributed by atoms with Crippen molar-refractivity contribution < 1.29 is 14.1 Å². The first-order valence-corrected chi connectivity index (χ1v) is 12.1. The van der Waals surface area contributed by atoms with Crippen molar-refractivity contribution in [3.8, 4) is 11.5 Å². The van der Waals surface area contributed by atoms with Gasteiger partial charge in [0, 0.05) is 24.4 Å². The average molecular weight is 471 g/mol. The molecule has 2 atom stereocenters. The smallest absolute Gasteiger partial charge is 0.186 e. The lowest BCUT2D eigenvalue weighted by Gasteiger charge is -2.36. The molecule has 0 radical (unpaired) electrons. The predicted octanol–water partition coefficient (Wildman–Crippen LogP) is 3.45. The van der Waals surface area contributed by atoms with Crippen LogP contribution in [-0.4, -0.2) is 61.8 Å². The summed E-state index contributed by atoms with van der Waals surface area (Å²) < 4.78 is 13.7. The number of aryl methyl sites for hydroxylation is 1. The number of hydrogen-bond donors (Lipinski definition) is 0. The highest BCUT2D eigenvalue weighted by molar-refractivity contribution is 6.34. The van der Waals surface area contributed by atoms with Crippen LogP contribution < -0.4 is 0 Å². The maximum absolute atomic E-state index is 12.9. The Morgan fingerprint density at radius 1 is 1.21 bits per heavy atom. The van der Waals surface area contributed by atoms with Crippen LogP contribution in [0.3, 0.4) is 0 Å². The SMILES string of the molecule is Cc1nn(CC2CCCN2C)c2nc(-c3noc4c3CCOC43CCCCC3=O)nc(Cl)c12. The number of carbonyl (C=O) groups is 1. The first-order chi connectivity index (χ1) is 16.0. The summed E-state index contributed by atoms with van der Waals surface area (Å²) in [5.74, 6) is 0.991. The van der Waals surface area contributed by atoms with E-state index in [9.17, 15) is 4.79 Å². The van der Waals surface area contributed by atoms with Crippen molar-refractivity contribution in [2.24, 2.45) is 0 Å². The van der Waals surface area contributed by atoms with E-state index in [0.29, 0.717) is 60.0 Å². The van der Waals surface area contributed by atoms with Gasteiger partial charge in [-0.05, 0) is 52.6 Å². The number of aromatic nitrogens is 5. The largest absolute Gasteiger partial charge is 0.359 e. The molecule has 174 valence electrons. The molecule has 10 heteroatoms. The number of likely N-dealkylation sites (tertiary alicyclic amines) is 1. The van der Waals surface area contributed by atoms with Crippen LogP contribution in [0.1, 0.15) is 55.5 Å². The third-order valence-electron chi connectivity index (χ3n) is 7.48. The van der Waals surface area contributed by atoms with E-state index in [2.05, 4.69) is 22.1 Å². The summed E-state index contributed by atoms with van der Waals surface area (Å²) in [4.78, 5) is 24.7. The second kappa shape index (κ2) is 7.85. The van der Waals surface area contributed by atoms with E-state index in [4.69, 9.17) is 30.9 Å². The van der Waals surface area contributed by atoms with E-state index in [1.54, 1.807) is 0 Å². The maximum Gasteiger partial charge on any atom is 0.186 e. The van der Waals surface area contributed by atoms with Gasteiger partial charge in [-0.25, -0.2) is 14.6 Å². The standard InChI is InChI=1S/C23H27ClN6O3/c1-13-17-20(24)25-21(26-22(17)30(27-13)12-14-6-5-10-29(14)2)18-15-8-11-32-23(19(15)33-28-18)9-4-3-7-16(23)31/h14H,3-12H2,1-2H3. The molecule has 33 heavy (non-hydrogen) atoms. The maximum atomic E-state index is 12.9. The first-order valence-electron chi connectivity index (χ1n) is 11.8. The van der Waals surface area contributed by atoms with Crippen LogP contribution in [0.4, 0.5) is 0 Å². The van der Waals surface area contributed by atoms with Crippen LogP contribution in [-0.2, 0) is 28.1 Å². The highest BCUT2D eigenvalue weighted by atomic mass is 35.5. The van der Waals surface area contributed by atoms with Gasteiger partial charge in [0.1, 0.15) is 5.15 Å². The molecule has 2 fully saturated rings. The molecule has 0 N–H and O–H groups in total. The van der Waals surface area contributed by atoms with Crippen LogP contribution in [0.15, 0.2) is 4.52 Å². The summed E-state index contributed by atoms with van der Waals surface area (Å²) >= 11 is 6.64. The van der Waals surface area contributed by atoms with Gasteiger partial charge in [-0.1, -0.05) is 16.8 Å². The molecule has 1 aliphatic carbocycles. The number of ether oxygens (including phenoxy) is 1. The third kappa shape index (κ3) is 3.24. The minimum atomic E-state index is -1.02. The molecule has 3 aliphatic rings. The fraction of sp³-hybridized carbons (Fsp3) is 0.609. The molecular formula is C23H27ClN6O3. The lowest BCUT2D eigenvalue weighted by atomic mass is 9.78. The Hall–Kier alpha value is -2.36. The number of rotatable bonds is 3. The third-order valence-corrected chi connectivity index (χ3v) is 7.75. The minimum Gasteiger partial charge on any atom is -0.359 e. The van der Waals surface area contributed by atoms with Gasteiger partial charge in [0.2, 0.25) is 0 Å². The van der Waals surface area contributed by atoms with Crippen LogP contribution in [0, 0.1) is 6.92 Å². The second-order valence-corrected chi connectivity index (χ2v) is 9.83. The van der Waals surface area contributed by atoms with Crippen molar-refractivity contribution in [2.75, 3.05) is 20.2 Å². The van der Waals surface area contributed by atoms with Gasteiger partial charge in [-0.2, -0.15) is 5.10 Å². The number of Topliss-reactive ketones (excluding diaryl/α,β-unsaturated/α-hetero) is 1. The summed E-state index contributed by atoms with van der Waals surface area (Å²) in [7, 11) is 2.15. The number of carbonyl (C=O) groups excluding carboxylic acids is 1. The molecule has 2 aliphatic heterocycles. The zero-order valence-corrected chi connectivity index (χ0v) is 19.7. The van der Waals surface area contributed by atoms with E-state index >= 15 is 0 Å². The molecule has 1 saturated carbocycles. The summed E-state index contributed by atoms with van der Waals surface area (Å²) in [6.07, 6.45) is 5.84. The van der Waals surface area contributed by atoms with Gasteiger partial charge >= 0.3 is 0 Å². The Balaban J connectivity index is 1.45. The van der Waals surface area contributed by atoms with Crippen molar-refractivity contribution in [2.45, 2.75) is 70.1 Å². The molecule has 0 aromatic carbocycles. The first kappa shape index (κ1) is 21.2. The Morgan fingerprint density at radius 2 is 2.09 bits per heavy atom. The molecule has 2 unspecified atom stereocenters. The summed E-state index contributed by atoms with van der Waals surface area (Å²) in [5, 5.41) is 10.2. The van der Waals surface area contributed by atoms with Gasteiger partial charge in [-0.15, -0.1) is 0 Å². The van der Waals surface area contributed by atoms with Crippen molar-refractivity contribution in [3.05, 3.63) is 22.2 Å². The van der Waals surface area contributed by atoms with E-state index in [0.717, 1.165) is 49.0 Å². The predicted molar refractivity (Wildman–Crippen MR) is 121 cm³/mol. The molecule has 5 heterocycles. The average Bonchev–Trinajstić information content (AvgIpc) is 3.49. The molecule has 1 saturated heterocycles. The molecule has 6 rings (SSSR count). The number of hydrogen-bond acceptors (Lipinski definition) is 8. The molecule has 3 aromatic heterocycles. The molecule has 1 spiro atoms. The van der Waals surface area contributed by atoms with Gasteiger partial charge < -0.3 is 14.2 Å². The van der Waals surface area contributed by atoms with Crippen molar-refractivity contribution >= 4 is 28.4 Å². The van der Waals surface area contributed by atoms with E-state index in [1.807, 2.05) is 11.6 Å². The highest BCUT2D eigenvalue weighted by Crippen LogP contribution is 2.44. The Bertz CT molecular complexity index is 1250. The van der Waals surface area contributed by atoms with Crippen LogP contribution >= 0.6 is 11.6 Å². The molecule has 0 bridgehead atoms. The number of ketones is 1. The van der Waals surface area contributed by atoms with Crippen LogP contribution in [0.5, 0.6) is 0 Å². The zero-order valence-electron chi connectivity index (χ0n) is 18.9. The Morgan fingerprint density at radius 3 is 2.88 bits per heavy atom. The van der Waals surface area contributed by atoms with Crippen molar-refractivity contribution in [1.29, 1.82) is 0 Å². The van der Waals surface area contributed by atoms with E-state index in [-0.39, 0.29) is 5.78 Å². The quantitative estimate of drug-likeness (QED) is 0.537. The Labute approximate surface area is 196 Å². The van der Waals surface area contributed by atoms with Gasteiger partial charge in [-0.3, -0.25) is 4.79 Å². The summed E-state index contributed by atoms with van der Waals surface area (Å²) in [6, 6.07) is 0.416. The lowest BCUT2D eigenvalue weighted by molar-refractivity contribution is -0.157. The second-order valence-electron chi connectivity index (χ2n) is 9.48. The van der Waals surface area contributed by atoms with Crippen molar-refractivity contribution in [3.63, 3.8) is 0 Å². The van der Waals surface area contributed by atoms with Crippen LogP contribution in [0.2, 0.25) is 5.15 Å². The number of nitrogens with zero attached hydrogens (tertiary/aromatic N) is 6. The fourth-order valence-electron chi connectivity index (χ4n) is 5.66. The number of likely N-dealkylation sites (N-methyl/N-ethyl adjacent to an activating group) is 1. The molecule has 3 aromatic rings. The minimum absolute atomic E-state index is 0.0705. The number of fused-ring (bicyclic) bond motifs is 3. The zero-order chi connectivity index (χ0) is 22.7. The fourth-order valence-corrected chi connectivity index (χ4v) is 5.96. The van der Waals surface area contributed by atoms with E-state index < -0.39 is 5.60 Å². The van der Waals surface area contributed by atoms with Crippen molar-refractivity contribution in [1.82, 2.24) is 29.8 Å². The Kier molecular flexibility index (Phi) is 5.04. The highest BCUT2D eigenvalue weighted by Gasteiger charge is 2.50. The molecular weight excluding hydrogens is 444 g/mol. The normalized spacial score (nSPS) is 25.9. The molecule has 0 amide bonds. The van der Waals surface area contributed by atoms with Gasteiger partial charge in [0.15, 0.2) is 34.3 Å². The van der Waals surface area contributed by atoms with Gasteiger partial charge in [0.05, 0.1) is 24.2 Å².